The minimum absolute atomic E-state index is 0.169. The number of hydrogen-bond acceptors (Lipinski definition) is 3. The molecule has 4 nitrogen and oxygen atoms in total. The molecule has 0 atom stereocenters. The van der Waals surface area contributed by atoms with Crippen molar-refractivity contribution in [2.45, 2.75) is 27.4 Å². The van der Waals surface area contributed by atoms with Crippen LogP contribution in [0.1, 0.15) is 32.6 Å². The molecule has 3 aromatic carbocycles. The van der Waals surface area contributed by atoms with Gasteiger partial charge in [-0.1, -0.05) is 12.1 Å². The summed E-state index contributed by atoms with van der Waals surface area (Å²) in [4.78, 5) is 12.6. The van der Waals surface area contributed by atoms with Crippen molar-refractivity contribution in [3.05, 3.63) is 88.0 Å². The van der Waals surface area contributed by atoms with Gasteiger partial charge in [-0.2, -0.15) is 0 Å². The number of carbonyl (C=O) groups excluding carboxylic acids is 1. The zero-order valence-corrected chi connectivity index (χ0v) is 17.3. The number of ether oxygens (including phenoxy) is 2. The zero-order valence-electron chi connectivity index (χ0n) is 17.3. The van der Waals surface area contributed by atoms with Crippen LogP contribution in [-0.2, 0) is 6.61 Å². The van der Waals surface area contributed by atoms with E-state index in [1.807, 2.05) is 26.8 Å². The Bertz CT molecular complexity index is 1080. The number of methoxy groups -OCH3 is 1. The number of rotatable bonds is 6. The summed E-state index contributed by atoms with van der Waals surface area (Å²) in [5.41, 5.74) is 3.62. The van der Waals surface area contributed by atoms with Gasteiger partial charge in [0.05, 0.1) is 7.11 Å². The molecule has 0 aliphatic heterocycles. The first-order valence-electron chi connectivity index (χ1n) is 9.43. The molecular weight excluding hydrogens is 388 g/mol. The van der Waals surface area contributed by atoms with Crippen LogP contribution in [0.3, 0.4) is 0 Å². The average Bonchev–Trinajstić information content (AvgIpc) is 2.72. The number of para-hydroxylation sites is 1. The van der Waals surface area contributed by atoms with Crippen LogP contribution in [0.15, 0.2) is 48.5 Å². The molecule has 1 N–H and O–H groups in total. The van der Waals surface area contributed by atoms with Crippen LogP contribution in [0.25, 0.3) is 0 Å². The zero-order chi connectivity index (χ0) is 21.8. The van der Waals surface area contributed by atoms with E-state index < -0.39 is 23.2 Å². The van der Waals surface area contributed by atoms with Gasteiger partial charge in [-0.3, -0.25) is 4.79 Å². The Morgan fingerprint density at radius 3 is 2.33 bits per heavy atom. The molecule has 0 aliphatic carbocycles. The molecule has 1 amide bonds. The number of anilines is 1. The standard InChI is InChI=1S/C24H23F2NO3/c1-14-10-15(2)16(3)22(11-14)30-13-18-12-17(8-9-21(18)29-4)24(28)27-23-19(25)6-5-7-20(23)26/h5-12H,13H2,1-4H3,(H,27,28). The molecule has 0 heterocycles. The summed E-state index contributed by atoms with van der Waals surface area (Å²) >= 11 is 0. The summed E-state index contributed by atoms with van der Waals surface area (Å²) < 4.78 is 39.0. The fourth-order valence-corrected chi connectivity index (χ4v) is 3.14. The predicted molar refractivity (Wildman–Crippen MR) is 112 cm³/mol. The fourth-order valence-electron chi connectivity index (χ4n) is 3.14. The van der Waals surface area contributed by atoms with Gasteiger partial charge in [-0.05, 0) is 73.9 Å². The maximum Gasteiger partial charge on any atom is 0.255 e. The largest absolute Gasteiger partial charge is 0.496 e. The van der Waals surface area contributed by atoms with E-state index in [2.05, 4.69) is 11.4 Å². The summed E-state index contributed by atoms with van der Waals surface area (Å²) in [7, 11) is 1.52. The summed E-state index contributed by atoms with van der Waals surface area (Å²) in [5, 5.41) is 2.29. The molecule has 0 saturated carbocycles. The van der Waals surface area contributed by atoms with Crippen molar-refractivity contribution in [1.29, 1.82) is 0 Å². The Morgan fingerprint density at radius 1 is 0.967 bits per heavy atom. The highest BCUT2D eigenvalue weighted by molar-refractivity contribution is 6.04. The van der Waals surface area contributed by atoms with Gasteiger partial charge in [0.1, 0.15) is 35.4 Å². The number of aryl methyl sites for hydroxylation is 2. The maximum atomic E-state index is 13.8. The van der Waals surface area contributed by atoms with E-state index in [4.69, 9.17) is 9.47 Å². The SMILES string of the molecule is COc1ccc(C(=O)Nc2c(F)cccc2F)cc1COc1cc(C)cc(C)c1C. The second kappa shape index (κ2) is 8.95. The molecule has 0 aliphatic rings. The van der Waals surface area contributed by atoms with Crippen molar-refractivity contribution >= 4 is 11.6 Å². The van der Waals surface area contributed by atoms with Crippen molar-refractivity contribution in [3.8, 4) is 11.5 Å². The number of nitrogens with one attached hydrogen (secondary N) is 1. The molecule has 3 rings (SSSR count). The highest BCUT2D eigenvalue weighted by Crippen LogP contribution is 2.27. The van der Waals surface area contributed by atoms with E-state index in [1.165, 1.54) is 19.2 Å². The third kappa shape index (κ3) is 4.59. The first-order valence-corrected chi connectivity index (χ1v) is 9.43. The van der Waals surface area contributed by atoms with Gasteiger partial charge in [-0.25, -0.2) is 8.78 Å². The Labute approximate surface area is 174 Å². The minimum Gasteiger partial charge on any atom is -0.496 e. The Morgan fingerprint density at radius 2 is 1.67 bits per heavy atom. The number of hydrogen-bond donors (Lipinski definition) is 1. The Hall–Kier alpha value is -3.41. The van der Waals surface area contributed by atoms with Gasteiger partial charge in [0.15, 0.2) is 0 Å². The smallest absolute Gasteiger partial charge is 0.255 e. The van der Waals surface area contributed by atoms with Gasteiger partial charge in [0, 0.05) is 11.1 Å². The van der Waals surface area contributed by atoms with Crippen LogP contribution in [0.2, 0.25) is 0 Å². The molecule has 0 aromatic heterocycles. The maximum absolute atomic E-state index is 13.8. The third-order valence-corrected chi connectivity index (χ3v) is 4.89. The van der Waals surface area contributed by atoms with E-state index in [9.17, 15) is 13.6 Å². The summed E-state index contributed by atoms with van der Waals surface area (Å²) in [5.74, 6) is -1.02. The van der Waals surface area contributed by atoms with Crippen LogP contribution < -0.4 is 14.8 Å². The lowest BCUT2D eigenvalue weighted by Gasteiger charge is -2.15. The lowest BCUT2D eigenvalue weighted by molar-refractivity contribution is 0.102. The van der Waals surface area contributed by atoms with Crippen LogP contribution >= 0.6 is 0 Å². The van der Waals surface area contributed by atoms with E-state index >= 15 is 0 Å². The van der Waals surface area contributed by atoms with E-state index in [-0.39, 0.29) is 12.2 Å². The van der Waals surface area contributed by atoms with Gasteiger partial charge < -0.3 is 14.8 Å². The predicted octanol–water partition coefficient (Wildman–Crippen LogP) is 5.73. The normalized spacial score (nSPS) is 10.6. The summed E-state index contributed by atoms with van der Waals surface area (Å²) in [6.07, 6.45) is 0. The first kappa shape index (κ1) is 21.3. The first-order chi connectivity index (χ1) is 14.3. The Kier molecular flexibility index (Phi) is 6.35. The van der Waals surface area contributed by atoms with Crippen LogP contribution in [-0.4, -0.2) is 13.0 Å². The molecule has 0 saturated heterocycles. The lowest BCUT2D eigenvalue weighted by Crippen LogP contribution is -2.15. The number of amides is 1. The number of benzene rings is 3. The van der Waals surface area contributed by atoms with E-state index in [1.54, 1.807) is 12.1 Å². The molecule has 30 heavy (non-hydrogen) atoms. The van der Waals surface area contributed by atoms with Gasteiger partial charge >= 0.3 is 0 Å². The Balaban J connectivity index is 1.84. The summed E-state index contributed by atoms with van der Waals surface area (Å²) in [6, 6.07) is 12.2. The van der Waals surface area contributed by atoms with Gasteiger partial charge in [0.25, 0.3) is 5.91 Å². The second-order valence-electron chi connectivity index (χ2n) is 7.07. The highest BCUT2D eigenvalue weighted by Gasteiger charge is 2.16. The van der Waals surface area contributed by atoms with Crippen molar-refractivity contribution in [3.63, 3.8) is 0 Å². The van der Waals surface area contributed by atoms with E-state index in [0.29, 0.717) is 11.3 Å². The molecular formula is C24H23F2NO3. The minimum atomic E-state index is -0.842. The topological polar surface area (TPSA) is 47.6 Å². The van der Waals surface area contributed by atoms with Gasteiger partial charge in [-0.15, -0.1) is 0 Å². The van der Waals surface area contributed by atoms with Crippen molar-refractivity contribution in [1.82, 2.24) is 0 Å². The van der Waals surface area contributed by atoms with Crippen molar-refractivity contribution in [2.75, 3.05) is 12.4 Å². The van der Waals surface area contributed by atoms with Crippen molar-refractivity contribution in [2.24, 2.45) is 0 Å². The molecule has 0 bridgehead atoms. The quantitative estimate of drug-likeness (QED) is 0.564. The molecule has 0 radical (unpaired) electrons. The monoisotopic (exact) mass is 411 g/mol. The molecule has 3 aromatic rings. The highest BCUT2D eigenvalue weighted by atomic mass is 19.1. The number of carbonyl (C=O) groups is 1. The third-order valence-electron chi connectivity index (χ3n) is 4.89. The molecule has 156 valence electrons. The van der Waals surface area contributed by atoms with Crippen LogP contribution in [0.4, 0.5) is 14.5 Å². The molecule has 0 fully saturated rings. The van der Waals surface area contributed by atoms with Crippen LogP contribution in [0, 0.1) is 32.4 Å². The van der Waals surface area contributed by atoms with Crippen molar-refractivity contribution < 1.29 is 23.0 Å². The van der Waals surface area contributed by atoms with Crippen LogP contribution in [0.5, 0.6) is 11.5 Å². The fraction of sp³-hybridized carbons (Fsp3) is 0.208. The lowest BCUT2D eigenvalue weighted by atomic mass is 10.1. The van der Waals surface area contributed by atoms with Gasteiger partial charge in [0.2, 0.25) is 0 Å². The summed E-state index contributed by atoms with van der Waals surface area (Å²) in [6.45, 7) is 6.16. The van der Waals surface area contributed by atoms with E-state index in [0.717, 1.165) is 34.6 Å². The average molecular weight is 411 g/mol. The number of halogens is 2. The molecule has 0 unspecified atom stereocenters. The molecule has 0 spiro atoms. The molecule has 6 heteroatoms. The second-order valence-corrected chi connectivity index (χ2v) is 7.07.